The van der Waals surface area contributed by atoms with Gasteiger partial charge in [-0.2, -0.15) is 0 Å². The first-order chi connectivity index (χ1) is 9.39. The summed E-state index contributed by atoms with van der Waals surface area (Å²) >= 11 is 0. The van der Waals surface area contributed by atoms with Gasteiger partial charge in [-0.15, -0.1) is 12.4 Å². The lowest BCUT2D eigenvalue weighted by Gasteiger charge is -2.24. The van der Waals surface area contributed by atoms with Crippen LogP contribution in [0.25, 0.3) is 0 Å². The van der Waals surface area contributed by atoms with Crippen LogP contribution in [0.15, 0.2) is 24.3 Å². The Hall–Kier alpha value is -1.26. The third-order valence-corrected chi connectivity index (χ3v) is 3.41. The molecule has 0 saturated heterocycles. The zero-order valence-corrected chi connectivity index (χ0v) is 14.1. The third kappa shape index (κ3) is 6.36. The SMILES string of the molecule is CCC(C)c1ccccc1OCC(=O)NC(C)(C)CN.Cl. The summed E-state index contributed by atoms with van der Waals surface area (Å²) in [6.45, 7) is 8.47. The van der Waals surface area contributed by atoms with Crippen molar-refractivity contribution in [2.75, 3.05) is 13.2 Å². The van der Waals surface area contributed by atoms with E-state index in [9.17, 15) is 4.79 Å². The maximum atomic E-state index is 11.8. The first-order valence-electron chi connectivity index (χ1n) is 7.12. The van der Waals surface area contributed by atoms with Crippen LogP contribution in [0.4, 0.5) is 0 Å². The number of nitrogens with two attached hydrogens (primary N) is 1. The van der Waals surface area contributed by atoms with E-state index in [4.69, 9.17) is 10.5 Å². The zero-order chi connectivity index (χ0) is 15.2. The minimum Gasteiger partial charge on any atom is -0.483 e. The van der Waals surface area contributed by atoms with Crippen LogP contribution in [-0.2, 0) is 4.79 Å². The van der Waals surface area contributed by atoms with E-state index in [1.165, 1.54) is 0 Å². The monoisotopic (exact) mass is 314 g/mol. The van der Waals surface area contributed by atoms with Crippen molar-refractivity contribution in [2.24, 2.45) is 5.73 Å². The van der Waals surface area contributed by atoms with E-state index in [1.54, 1.807) is 0 Å². The summed E-state index contributed by atoms with van der Waals surface area (Å²) in [5.41, 5.74) is 6.32. The van der Waals surface area contributed by atoms with Crippen LogP contribution in [0.3, 0.4) is 0 Å². The molecule has 0 heterocycles. The fourth-order valence-electron chi connectivity index (χ4n) is 1.85. The molecule has 0 saturated carbocycles. The molecule has 4 nitrogen and oxygen atoms in total. The molecule has 1 aromatic carbocycles. The summed E-state index contributed by atoms with van der Waals surface area (Å²) in [5.74, 6) is 1.04. The summed E-state index contributed by atoms with van der Waals surface area (Å²) in [6, 6.07) is 7.86. The Balaban J connectivity index is 0.00000400. The van der Waals surface area contributed by atoms with E-state index >= 15 is 0 Å². The summed E-state index contributed by atoms with van der Waals surface area (Å²) in [4.78, 5) is 11.8. The van der Waals surface area contributed by atoms with E-state index < -0.39 is 5.54 Å². The van der Waals surface area contributed by atoms with Gasteiger partial charge in [-0.1, -0.05) is 32.0 Å². The molecule has 1 rings (SSSR count). The average molecular weight is 315 g/mol. The highest BCUT2D eigenvalue weighted by molar-refractivity contribution is 5.85. The van der Waals surface area contributed by atoms with Crippen LogP contribution < -0.4 is 15.8 Å². The van der Waals surface area contributed by atoms with Gasteiger partial charge in [-0.25, -0.2) is 0 Å². The van der Waals surface area contributed by atoms with Crippen molar-refractivity contribution in [3.63, 3.8) is 0 Å². The van der Waals surface area contributed by atoms with Crippen LogP contribution in [0.2, 0.25) is 0 Å². The van der Waals surface area contributed by atoms with Crippen molar-refractivity contribution in [3.05, 3.63) is 29.8 Å². The maximum absolute atomic E-state index is 11.8. The number of nitrogens with one attached hydrogen (secondary N) is 1. The van der Waals surface area contributed by atoms with Crippen LogP contribution in [0, 0.1) is 0 Å². The molecular weight excluding hydrogens is 288 g/mol. The maximum Gasteiger partial charge on any atom is 0.258 e. The summed E-state index contributed by atoms with van der Waals surface area (Å²) in [5, 5.41) is 2.85. The first kappa shape index (κ1) is 19.7. The Morgan fingerprint density at radius 3 is 2.57 bits per heavy atom. The molecule has 1 amide bonds. The van der Waals surface area contributed by atoms with Gasteiger partial charge < -0.3 is 15.8 Å². The zero-order valence-electron chi connectivity index (χ0n) is 13.3. The molecule has 1 aromatic rings. The minimum atomic E-state index is -0.406. The standard InChI is InChI=1S/C16H26N2O2.ClH/c1-5-12(2)13-8-6-7-9-14(13)20-10-15(19)18-16(3,4)11-17;/h6-9,12H,5,10-11,17H2,1-4H3,(H,18,19);1H. The number of amides is 1. The van der Waals surface area contributed by atoms with Gasteiger partial charge in [0.15, 0.2) is 6.61 Å². The predicted molar refractivity (Wildman–Crippen MR) is 89.2 cm³/mol. The van der Waals surface area contributed by atoms with Gasteiger partial charge in [-0.3, -0.25) is 4.79 Å². The quantitative estimate of drug-likeness (QED) is 0.813. The highest BCUT2D eigenvalue weighted by Crippen LogP contribution is 2.28. The lowest BCUT2D eigenvalue weighted by atomic mass is 9.98. The number of hydrogen-bond donors (Lipinski definition) is 2. The first-order valence-corrected chi connectivity index (χ1v) is 7.12. The van der Waals surface area contributed by atoms with Crippen LogP contribution in [0.1, 0.15) is 45.6 Å². The number of halogens is 1. The summed E-state index contributed by atoms with van der Waals surface area (Å²) in [7, 11) is 0. The molecule has 120 valence electrons. The third-order valence-electron chi connectivity index (χ3n) is 3.41. The molecule has 0 aliphatic rings. The predicted octanol–water partition coefficient (Wildman–Crippen LogP) is 2.85. The van der Waals surface area contributed by atoms with Gasteiger partial charge in [0.1, 0.15) is 5.75 Å². The van der Waals surface area contributed by atoms with Gasteiger partial charge in [0.25, 0.3) is 5.91 Å². The van der Waals surface area contributed by atoms with Crippen molar-refractivity contribution in [2.45, 2.75) is 45.6 Å². The van der Waals surface area contributed by atoms with E-state index in [0.717, 1.165) is 17.7 Å². The van der Waals surface area contributed by atoms with Gasteiger partial charge >= 0.3 is 0 Å². The highest BCUT2D eigenvalue weighted by atomic mass is 35.5. The fourth-order valence-corrected chi connectivity index (χ4v) is 1.85. The molecule has 0 fully saturated rings. The van der Waals surface area contributed by atoms with Crippen LogP contribution >= 0.6 is 12.4 Å². The van der Waals surface area contributed by atoms with E-state index in [1.807, 2.05) is 38.1 Å². The second-order valence-electron chi connectivity index (χ2n) is 5.77. The summed E-state index contributed by atoms with van der Waals surface area (Å²) < 4.78 is 5.66. The van der Waals surface area contributed by atoms with Gasteiger partial charge in [0.2, 0.25) is 0 Å². The van der Waals surface area contributed by atoms with E-state index in [-0.39, 0.29) is 24.9 Å². The Bertz CT molecular complexity index is 450. The minimum absolute atomic E-state index is 0. The Morgan fingerprint density at radius 2 is 2.00 bits per heavy atom. The van der Waals surface area contributed by atoms with Crippen molar-refractivity contribution in [1.82, 2.24) is 5.32 Å². The highest BCUT2D eigenvalue weighted by Gasteiger charge is 2.19. The number of carbonyl (C=O) groups excluding carboxylic acids is 1. The molecular formula is C16H27ClN2O2. The van der Waals surface area contributed by atoms with Gasteiger partial charge in [-0.05, 0) is 37.8 Å². The molecule has 0 aromatic heterocycles. The van der Waals surface area contributed by atoms with Gasteiger partial charge in [0.05, 0.1) is 0 Å². The largest absolute Gasteiger partial charge is 0.483 e. The molecule has 0 aliphatic heterocycles. The fraction of sp³-hybridized carbons (Fsp3) is 0.562. The number of para-hydroxylation sites is 1. The summed E-state index contributed by atoms with van der Waals surface area (Å²) in [6.07, 6.45) is 1.03. The molecule has 1 unspecified atom stereocenters. The van der Waals surface area contributed by atoms with Crippen LogP contribution in [-0.4, -0.2) is 24.6 Å². The van der Waals surface area contributed by atoms with Crippen molar-refractivity contribution in [1.29, 1.82) is 0 Å². The number of hydrogen-bond acceptors (Lipinski definition) is 3. The number of carbonyl (C=O) groups is 1. The smallest absolute Gasteiger partial charge is 0.258 e. The molecule has 0 bridgehead atoms. The molecule has 0 aliphatic carbocycles. The topological polar surface area (TPSA) is 64.3 Å². The molecule has 0 spiro atoms. The van der Waals surface area contributed by atoms with Crippen molar-refractivity contribution < 1.29 is 9.53 Å². The van der Waals surface area contributed by atoms with Crippen molar-refractivity contribution in [3.8, 4) is 5.75 Å². The Kier molecular flexibility index (Phi) is 8.37. The number of rotatable bonds is 7. The lowest BCUT2D eigenvalue weighted by Crippen LogP contribution is -2.50. The molecule has 3 N–H and O–H groups in total. The van der Waals surface area contributed by atoms with Gasteiger partial charge in [0, 0.05) is 12.1 Å². The van der Waals surface area contributed by atoms with E-state index in [0.29, 0.717) is 12.5 Å². The van der Waals surface area contributed by atoms with E-state index in [2.05, 4.69) is 19.2 Å². The number of ether oxygens (including phenoxy) is 1. The normalized spacial score (nSPS) is 12.2. The Morgan fingerprint density at radius 1 is 1.38 bits per heavy atom. The average Bonchev–Trinajstić information content (AvgIpc) is 2.44. The van der Waals surface area contributed by atoms with Crippen LogP contribution in [0.5, 0.6) is 5.75 Å². The van der Waals surface area contributed by atoms with Crippen molar-refractivity contribution >= 4 is 18.3 Å². The molecule has 1 atom stereocenters. The Labute approximate surface area is 133 Å². The lowest BCUT2D eigenvalue weighted by molar-refractivity contribution is -0.124. The molecule has 21 heavy (non-hydrogen) atoms. The second kappa shape index (κ2) is 8.90. The second-order valence-corrected chi connectivity index (χ2v) is 5.77. The molecule has 5 heteroatoms. The number of benzene rings is 1. The molecule has 0 radical (unpaired) electrons.